The van der Waals surface area contributed by atoms with Crippen LogP contribution in [-0.4, -0.2) is 24.0 Å². The Morgan fingerprint density at radius 1 is 0.912 bits per heavy atom. The van der Waals surface area contributed by atoms with E-state index in [2.05, 4.69) is 11.9 Å². The number of fused-ring (bicyclic) bond motifs is 4. The zero-order valence-corrected chi connectivity index (χ0v) is 25.8. The maximum atomic E-state index is 11.8. The summed E-state index contributed by atoms with van der Waals surface area (Å²) in [6, 6.07) is 9.79. The molecular weight excluding hydrogens is 471 g/mol. The van der Waals surface area contributed by atoms with Gasteiger partial charge in [-0.15, -0.1) is 0 Å². The Bertz CT molecular complexity index is 895. The maximum Gasteiger partial charge on any atom is 1.00 e. The molecule has 0 bridgehead atoms. The predicted molar refractivity (Wildman–Crippen MR) is 118 cm³/mol. The fraction of sp³-hybridized carbons (Fsp3) is 0.680. The Kier molecular flexibility index (Phi) is 10.7. The minimum absolute atomic E-state index is 0. The van der Waals surface area contributed by atoms with E-state index in [9.17, 15) is 14.4 Å². The van der Waals surface area contributed by atoms with Gasteiger partial charge in [-0.1, -0.05) is 50.3 Å². The number of piperidine rings is 1. The van der Waals surface area contributed by atoms with Crippen LogP contribution in [0.5, 0.6) is 5.75 Å². The van der Waals surface area contributed by atoms with E-state index in [0.29, 0.717) is 23.8 Å². The quantitative estimate of drug-likeness (QED) is 0.273. The van der Waals surface area contributed by atoms with Crippen LogP contribution >= 0.6 is 7.82 Å². The van der Waals surface area contributed by atoms with Crippen molar-refractivity contribution in [2.75, 3.05) is 7.05 Å². The number of hydrogen-bond acceptors (Lipinski definition) is 6. The van der Waals surface area contributed by atoms with Crippen molar-refractivity contribution in [2.24, 2.45) is 23.7 Å². The molecule has 4 aliphatic rings. The molecule has 5 rings (SSSR count). The molecule has 1 saturated heterocycles. The van der Waals surface area contributed by atoms with E-state index in [-0.39, 0.29) is 76.9 Å². The number of ether oxygens (including phenoxy) is 1. The first-order valence-electron chi connectivity index (χ1n) is 12.3. The molecule has 0 spiro atoms. The fourth-order valence-corrected chi connectivity index (χ4v) is 7.77. The van der Waals surface area contributed by atoms with Gasteiger partial charge in [0.15, 0.2) is 0 Å². The SMILES string of the molecule is CN1C2CCCCC2/C(=C(\Oc2ccccc2)OP(=O)([O-])[O-])C2CCC3CCCCC3C21.[Na+].[Na+]. The third-order valence-electron chi connectivity index (χ3n) is 8.57. The summed E-state index contributed by atoms with van der Waals surface area (Å²) in [4.78, 5) is 26.2. The minimum atomic E-state index is -5.26. The van der Waals surface area contributed by atoms with Gasteiger partial charge in [0.05, 0.1) is 0 Å². The molecule has 0 aromatic heterocycles. The molecule has 6 nitrogen and oxygen atoms in total. The Morgan fingerprint density at radius 2 is 1.59 bits per heavy atom. The van der Waals surface area contributed by atoms with Crippen molar-refractivity contribution in [3.8, 4) is 5.75 Å². The van der Waals surface area contributed by atoms with Gasteiger partial charge in [-0.3, -0.25) is 4.90 Å². The van der Waals surface area contributed by atoms with Crippen LogP contribution in [0.2, 0.25) is 0 Å². The molecule has 3 aliphatic carbocycles. The van der Waals surface area contributed by atoms with Gasteiger partial charge in [-0.05, 0) is 63.1 Å². The van der Waals surface area contributed by atoms with Crippen LogP contribution in [0.4, 0.5) is 0 Å². The molecule has 1 aromatic carbocycles. The fourth-order valence-electron chi connectivity index (χ4n) is 7.42. The van der Waals surface area contributed by atoms with Gasteiger partial charge in [0, 0.05) is 29.5 Å². The molecule has 1 aromatic rings. The third-order valence-corrected chi connectivity index (χ3v) is 8.96. The maximum absolute atomic E-state index is 11.8. The molecule has 9 heteroatoms. The van der Waals surface area contributed by atoms with Crippen LogP contribution in [0.1, 0.15) is 64.2 Å². The summed E-state index contributed by atoms with van der Waals surface area (Å²) >= 11 is 0. The topological polar surface area (TPSA) is 84.9 Å². The summed E-state index contributed by atoms with van der Waals surface area (Å²) in [5.41, 5.74) is 0.956. The van der Waals surface area contributed by atoms with Crippen molar-refractivity contribution < 1.29 is 82.7 Å². The smallest absolute Gasteiger partial charge is 0.780 e. The second-order valence-corrected chi connectivity index (χ2v) is 11.3. The molecular formula is C25H34NNa2O5P. The Hall–Kier alpha value is 0.670. The number of para-hydroxylation sites is 1. The van der Waals surface area contributed by atoms with Crippen LogP contribution in [0.25, 0.3) is 0 Å². The van der Waals surface area contributed by atoms with Crippen molar-refractivity contribution in [3.63, 3.8) is 0 Å². The summed E-state index contributed by atoms with van der Waals surface area (Å²) < 4.78 is 23.0. The molecule has 1 aliphatic heterocycles. The van der Waals surface area contributed by atoms with E-state index in [1.54, 1.807) is 12.1 Å². The van der Waals surface area contributed by atoms with Crippen molar-refractivity contribution >= 4 is 7.82 Å². The van der Waals surface area contributed by atoms with E-state index in [1.807, 2.05) is 18.2 Å². The minimum Gasteiger partial charge on any atom is -0.780 e. The first kappa shape index (κ1) is 29.2. The largest absolute Gasteiger partial charge is 1.00 e. The molecule has 0 N–H and O–H groups in total. The van der Waals surface area contributed by atoms with E-state index < -0.39 is 7.82 Å². The van der Waals surface area contributed by atoms with Crippen LogP contribution < -0.4 is 73.6 Å². The van der Waals surface area contributed by atoms with Crippen molar-refractivity contribution in [1.82, 2.24) is 4.90 Å². The number of phosphoric ester groups is 1. The number of phosphoric acid groups is 1. The number of rotatable bonds is 4. The molecule has 6 atom stereocenters. The molecule has 34 heavy (non-hydrogen) atoms. The van der Waals surface area contributed by atoms with Crippen molar-refractivity contribution in [3.05, 3.63) is 41.9 Å². The van der Waals surface area contributed by atoms with E-state index in [4.69, 9.17) is 9.26 Å². The van der Waals surface area contributed by atoms with Gasteiger partial charge >= 0.3 is 59.1 Å². The molecule has 1 heterocycles. The Morgan fingerprint density at radius 3 is 2.32 bits per heavy atom. The summed E-state index contributed by atoms with van der Waals surface area (Å²) in [5, 5.41) is 0. The van der Waals surface area contributed by atoms with E-state index in [0.717, 1.165) is 43.6 Å². The zero-order chi connectivity index (χ0) is 22.3. The average Bonchev–Trinajstić information content (AvgIpc) is 2.78. The average molecular weight is 506 g/mol. The normalized spacial score (nSPS) is 34.8. The molecule has 4 fully saturated rings. The second-order valence-electron chi connectivity index (χ2n) is 10.2. The van der Waals surface area contributed by atoms with Gasteiger partial charge in [-0.2, -0.15) is 0 Å². The predicted octanol–water partition coefficient (Wildman–Crippen LogP) is -1.78. The Labute approximate surface area is 248 Å². The van der Waals surface area contributed by atoms with Crippen LogP contribution in [0, 0.1) is 23.7 Å². The second kappa shape index (κ2) is 12.5. The van der Waals surface area contributed by atoms with Crippen LogP contribution in [0.3, 0.4) is 0 Å². The summed E-state index contributed by atoms with van der Waals surface area (Å²) in [7, 11) is -2.98. The molecule has 6 unspecified atom stereocenters. The van der Waals surface area contributed by atoms with E-state index in [1.165, 1.54) is 32.1 Å². The number of nitrogens with zero attached hydrogens (tertiary/aromatic N) is 1. The van der Waals surface area contributed by atoms with Gasteiger partial charge < -0.3 is 23.6 Å². The van der Waals surface area contributed by atoms with Gasteiger partial charge in [0.25, 0.3) is 5.95 Å². The first-order chi connectivity index (χ1) is 15.4. The van der Waals surface area contributed by atoms with Crippen LogP contribution in [0.15, 0.2) is 41.9 Å². The first-order valence-corrected chi connectivity index (χ1v) is 13.8. The standard InChI is InChI=1S/C25H36NO5P.2Na/c1-26-22-14-8-7-13-20(22)23(21-16-15-17-9-5-6-12-19(17)24(21)26)25(31-32(27,28)29)30-18-10-3-2-4-11-18;;/h2-4,10-11,17,19-22,24H,5-9,12-16H2,1H3,(H2,27,28,29);;/q;2*+1/p-2/b25-23-;;. The van der Waals surface area contributed by atoms with Crippen molar-refractivity contribution in [2.45, 2.75) is 76.3 Å². The summed E-state index contributed by atoms with van der Waals surface area (Å²) in [6.07, 6.45) is 11.6. The number of hydrogen-bond donors (Lipinski definition) is 0. The Balaban J connectivity index is 0.00000162. The summed E-state index contributed by atoms with van der Waals surface area (Å²) in [5.74, 6) is 2.15. The third kappa shape index (κ3) is 6.20. The molecule has 3 saturated carbocycles. The van der Waals surface area contributed by atoms with Crippen molar-refractivity contribution in [1.29, 1.82) is 0 Å². The van der Waals surface area contributed by atoms with Gasteiger partial charge in [0.1, 0.15) is 13.6 Å². The van der Waals surface area contributed by atoms with Gasteiger partial charge in [-0.25, -0.2) is 0 Å². The number of likely N-dealkylation sites (tertiary alicyclic amines) is 1. The van der Waals surface area contributed by atoms with Gasteiger partial charge in [0.2, 0.25) is 0 Å². The number of benzene rings is 1. The van der Waals surface area contributed by atoms with E-state index >= 15 is 0 Å². The molecule has 0 amide bonds. The zero-order valence-electron chi connectivity index (χ0n) is 20.9. The monoisotopic (exact) mass is 505 g/mol. The molecule has 0 radical (unpaired) electrons. The van der Waals surface area contributed by atoms with Crippen LogP contribution in [-0.2, 0) is 9.09 Å². The summed E-state index contributed by atoms with van der Waals surface area (Å²) in [6.45, 7) is 0. The molecule has 176 valence electrons.